The molecular weight excluding hydrogens is 158 g/mol. The monoisotopic (exact) mass is 167 g/mol. The molecule has 0 aliphatic rings. The number of carboxylic acid groups (broad SMARTS) is 1. The topological polar surface area (TPSA) is 72.5 Å². The molecule has 12 heavy (non-hydrogen) atoms. The van der Waals surface area contributed by atoms with Crippen LogP contribution in [0.4, 0.5) is 0 Å². The summed E-state index contributed by atoms with van der Waals surface area (Å²) in [5.41, 5.74) is 0.725. The molecule has 0 bridgehead atoms. The van der Waals surface area contributed by atoms with Gasteiger partial charge in [-0.3, -0.25) is 4.79 Å². The van der Waals surface area contributed by atoms with Crippen LogP contribution >= 0.6 is 0 Å². The van der Waals surface area contributed by atoms with Crippen LogP contribution in [0.3, 0.4) is 0 Å². The van der Waals surface area contributed by atoms with E-state index in [4.69, 9.17) is 11.0 Å². The zero-order valence-electron chi connectivity index (χ0n) is 6.36. The first-order valence-electron chi connectivity index (χ1n) is 3.40. The molecule has 0 heterocycles. The Bertz CT molecular complexity index is 268. The van der Waals surface area contributed by atoms with Crippen LogP contribution in [0.25, 0.3) is 0 Å². The molecule has 0 aromatic heterocycles. The molecule has 0 aliphatic carbocycles. The van der Waals surface area contributed by atoms with Crippen LogP contribution in [0.5, 0.6) is 5.75 Å². The van der Waals surface area contributed by atoms with Crippen molar-refractivity contribution in [2.75, 3.05) is 0 Å². The van der Waals surface area contributed by atoms with Crippen molar-refractivity contribution >= 4 is 5.97 Å². The van der Waals surface area contributed by atoms with Gasteiger partial charge in [-0.05, 0) is 17.7 Å². The molecule has 0 atom stereocenters. The molecule has 0 amide bonds. The molecule has 4 nitrogen and oxygen atoms in total. The summed E-state index contributed by atoms with van der Waals surface area (Å²) in [6, 6.07) is 6.57. The van der Waals surface area contributed by atoms with Gasteiger partial charge in [0.2, 0.25) is 0 Å². The molecule has 0 saturated heterocycles. The van der Waals surface area contributed by atoms with Crippen LogP contribution < -0.4 is 10.7 Å². The summed E-state index contributed by atoms with van der Waals surface area (Å²) in [7, 11) is 0. The number of nitrogens with two attached hydrogens (primary N) is 1. The van der Waals surface area contributed by atoms with Gasteiger partial charge < -0.3 is 9.94 Å². The average Bonchev–Trinajstić information content (AvgIpc) is 2.05. The number of rotatable bonds is 3. The first-order chi connectivity index (χ1) is 5.72. The number of carbonyl (C=O) groups is 1. The molecule has 4 heteroatoms. The first-order valence-corrected chi connectivity index (χ1v) is 3.40. The molecule has 1 rings (SSSR count). The van der Waals surface area contributed by atoms with E-state index in [0.29, 0.717) is 5.75 Å². The Balaban J connectivity index is 2.71. The van der Waals surface area contributed by atoms with E-state index >= 15 is 0 Å². The molecule has 64 valence electrons. The van der Waals surface area contributed by atoms with Crippen LogP contribution in [-0.2, 0) is 11.2 Å². The highest BCUT2D eigenvalue weighted by atomic mass is 16.6. The van der Waals surface area contributed by atoms with Crippen molar-refractivity contribution in [2.45, 2.75) is 6.42 Å². The predicted octanol–water partition coefficient (Wildman–Crippen LogP) is 0.566. The molecule has 0 radical (unpaired) electrons. The number of benzene rings is 1. The van der Waals surface area contributed by atoms with Gasteiger partial charge in [-0.1, -0.05) is 12.1 Å². The lowest BCUT2D eigenvalue weighted by atomic mass is 10.1. The van der Waals surface area contributed by atoms with Crippen LogP contribution in [0, 0.1) is 0 Å². The van der Waals surface area contributed by atoms with Gasteiger partial charge >= 0.3 is 5.97 Å². The summed E-state index contributed by atoms with van der Waals surface area (Å²) < 4.78 is 0. The number of hydrogen-bond donors (Lipinski definition) is 2. The first kappa shape index (κ1) is 8.55. The lowest BCUT2D eigenvalue weighted by Gasteiger charge is -1.99. The number of aliphatic carboxylic acids is 1. The van der Waals surface area contributed by atoms with Crippen LogP contribution in [0.15, 0.2) is 24.3 Å². The Labute approximate surface area is 69.5 Å². The summed E-state index contributed by atoms with van der Waals surface area (Å²) in [5, 5.41) is 8.44. The molecule has 1 aromatic rings. The van der Waals surface area contributed by atoms with E-state index in [2.05, 4.69) is 4.84 Å². The maximum Gasteiger partial charge on any atom is 0.307 e. The lowest BCUT2D eigenvalue weighted by molar-refractivity contribution is -0.136. The van der Waals surface area contributed by atoms with E-state index in [1.54, 1.807) is 24.3 Å². The zero-order chi connectivity index (χ0) is 8.97. The summed E-state index contributed by atoms with van der Waals surface area (Å²) in [4.78, 5) is 14.7. The molecule has 0 unspecified atom stereocenters. The van der Waals surface area contributed by atoms with Gasteiger partial charge in [-0.25, -0.2) is 0 Å². The van der Waals surface area contributed by atoms with Gasteiger partial charge in [0.15, 0.2) is 0 Å². The smallest absolute Gasteiger partial charge is 0.307 e. The Morgan fingerprint density at radius 2 is 2.00 bits per heavy atom. The minimum atomic E-state index is -0.851. The third-order valence-electron chi connectivity index (χ3n) is 1.41. The van der Waals surface area contributed by atoms with Crippen LogP contribution in [0.2, 0.25) is 0 Å². The molecule has 0 saturated carbocycles. The molecule has 3 N–H and O–H groups in total. The minimum absolute atomic E-state index is 0.0187. The predicted molar refractivity (Wildman–Crippen MR) is 42.6 cm³/mol. The van der Waals surface area contributed by atoms with Crippen molar-refractivity contribution in [2.24, 2.45) is 5.90 Å². The third kappa shape index (κ3) is 2.25. The summed E-state index contributed by atoms with van der Waals surface area (Å²) >= 11 is 0. The highest BCUT2D eigenvalue weighted by Crippen LogP contribution is 2.10. The number of carboxylic acids is 1. The van der Waals surface area contributed by atoms with Gasteiger partial charge in [0.1, 0.15) is 5.75 Å². The fraction of sp³-hybridized carbons (Fsp3) is 0.125. The van der Waals surface area contributed by atoms with E-state index in [9.17, 15) is 4.79 Å². The maximum atomic E-state index is 10.3. The Morgan fingerprint density at radius 3 is 2.42 bits per heavy atom. The standard InChI is InChI=1S/C8H9NO3/c9-12-7-3-1-6(2-4-7)5-8(10)11/h1-4H,5,9H2,(H,10,11). The van der Waals surface area contributed by atoms with Crippen molar-refractivity contribution < 1.29 is 14.7 Å². The second-order valence-corrected chi connectivity index (χ2v) is 2.33. The summed E-state index contributed by atoms with van der Waals surface area (Å²) in [6.07, 6.45) is 0.0187. The molecular formula is C8H9NO3. The SMILES string of the molecule is NOc1ccc(CC(=O)O)cc1. The highest BCUT2D eigenvalue weighted by Gasteiger charge is 1.99. The Kier molecular flexibility index (Phi) is 2.66. The van der Waals surface area contributed by atoms with Crippen molar-refractivity contribution in [1.29, 1.82) is 0 Å². The van der Waals surface area contributed by atoms with E-state index in [1.165, 1.54) is 0 Å². The third-order valence-corrected chi connectivity index (χ3v) is 1.41. The van der Waals surface area contributed by atoms with Gasteiger partial charge in [0, 0.05) is 0 Å². The minimum Gasteiger partial charge on any atom is -0.481 e. The second-order valence-electron chi connectivity index (χ2n) is 2.33. The van der Waals surface area contributed by atoms with Crippen LogP contribution in [0.1, 0.15) is 5.56 Å². The van der Waals surface area contributed by atoms with Gasteiger partial charge in [0.25, 0.3) is 0 Å². The largest absolute Gasteiger partial charge is 0.481 e. The van der Waals surface area contributed by atoms with E-state index in [1.807, 2.05) is 0 Å². The fourth-order valence-electron chi connectivity index (χ4n) is 0.860. The van der Waals surface area contributed by atoms with Gasteiger partial charge in [0.05, 0.1) is 6.42 Å². The maximum absolute atomic E-state index is 10.3. The van der Waals surface area contributed by atoms with Crippen molar-refractivity contribution in [1.82, 2.24) is 0 Å². The van der Waals surface area contributed by atoms with Gasteiger partial charge in [-0.15, -0.1) is 0 Å². The van der Waals surface area contributed by atoms with Crippen molar-refractivity contribution in [3.05, 3.63) is 29.8 Å². The van der Waals surface area contributed by atoms with E-state index < -0.39 is 5.97 Å². The summed E-state index contributed by atoms with van der Waals surface area (Å²) in [6.45, 7) is 0. The molecule has 0 fully saturated rings. The van der Waals surface area contributed by atoms with Gasteiger partial charge in [-0.2, -0.15) is 5.90 Å². The van der Waals surface area contributed by atoms with Crippen molar-refractivity contribution in [3.63, 3.8) is 0 Å². The zero-order valence-corrected chi connectivity index (χ0v) is 6.36. The van der Waals surface area contributed by atoms with Crippen molar-refractivity contribution in [3.8, 4) is 5.75 Å². The van der Waals surface area contributed by atoms with E-state index in [-0.39, 0.29) is 6.42 Å². The fourth-order valence-corrected chi connectivity index (χ4v) is 0.860. The van der Waals surface area contributed by atoms with Crippen LogP contribution in [-0.4, -0.2) is 11.1 Å². The normalized spacial score (nSPS) is 9.42. The quantitative estimate of drug-likeness (QED) is 0.645. The highest BCUT2D eigenvalue weighted by molar-refractivity contribution is 5.70. The Morgan fingerprint density at radius 1 is 1.42 bits per heavy atom. The molecule has 0 aliphatic heterocycles. The average molecular weight is 167 g/mol. The molecule has 1 aromatic carbocycles. The lowest BCUT2D eigenvalue weighted by Crippen LogP contribution is -2.03. The number of hydrogen-bond acceptors (Lipinski definition) is 3. The second kappa shape index (κ2) is 3.73. The Hall–Kier alpha value is -1.55. The molecule has 0 spiro atoms. The summed E-state index contributed by atoms with van der Waals surface area (Å²) in [5.74, 6) is 4.55. The van der Waals surface area contributed by atoms with E-state index in [0.717, 1.165) is 5.56 Å².